The summed E-state index contributed by atoms with van der Waals surface area (Å²) < 4.78 is 0. The first kappa shape index (κ1) is 36.4. The molecule has 4 heteroatoms. The van der Waals surface area contributed by atoms with Crippen molar-refractivity contribution in [3.05, 3.63) is 83.6 Å². The van der Waals surface area contributed by atoms with Gasteiger partial charge in [-0.2, -0.15) is 5.26 Å². The van der Waals surface area contributed by atoms with Crippen LogP contribution in [0, 0.1) is 41.4 Å². The van der Waals surface area contributed by atoms with Crippen molar-refractivity contribution in [2.24, 2.45) is 27.7 Å². The lowest BCUT2D eigenvalue weighted by molar-refractivity contribution is 0.390. The van der Waals surface area contributed by atoms with Gasteiger partial charge < -0.3 is 5.32 Å². The van der Waals surface area contributed by atoms with Gasteiger partial charge >= 0.3 is 0 Å². The molecule has 0 aromatic heterocycles. The van der Waals surface area contributed by atoms with Crippen LogP contribution in [0.1, 0.15) is 92.4 Å². The molecule has 1 rings (SSSR count). The van der Waals surface area contributed by atoms with Crippen molar-refractivity contribution in [1.82, 2.24) is 5.32 Å². The third-order valence-electron chi connectivity index (χ3n) is 7.86. The van der Waals surface area contributed by atoms with Crippen LogP contribution in [0.2, 0.25) is 0 Å². The lowest BCUT2D eigenvalue weighted by Crippen LogP contribution is -2.37. The Labute approximate surface area is 257 Å². The third kappa shape index (κ3) is 13.4. The first-order valence-corrected chi connectivity index (χ1v) is 15.8. The molecule has 1 N–H and O–H groups in total. The van der Waals surface area contributed by atoms with Crippen molar-refractivity contribution in [3.8, 4) is 18.4 Å². The van der Waals surface area contributed by atoms with Gasteiger partial charge in [-0.15, -0.1) is 6.42 Å². The van der Waals surface area contributed by atoms with Gasteiger partial charge in [0.2, 0.25) is 0 Å². The predicted molar refractivity (Wildman–Crippen MR) is 184 cm³/mol. The second-order valence-corrected chi connectivity index (χ2v) is 10.9. The minimum absolute atomic E-state index is 0.314. The number of nitriles is 1. The van der Waals surface area contributed by atoms with Crippen LogP contribution >= 0.6 is 0 Å². The Morgan fingerprint density at radius 1 is 1.14 bits per heavy atom. The van der Waals surface area contributed by atoms with Crippen LogP contribution in [0.4, 0.5) is 0 Å². The molecule has 4 nitrogen and oxygen atoms in total. The highest BCUT2D eigenvalue weighted by molar-refractivity contribution is 6.02. The number of aliphatic imine (C=N–C) groups is 2. The molecule has 0 heterocycles. The van der Waals surface area contributed by atoms with Gasteiger partial charge in [-0.05, 0) is 54.7 Å². The van der Waals surface area contributed by atoms with E-state index in [1.807, 2.05) is 13.1 Å². The van der Waals surface area contributed by atoms with E-state index in [2.05, 4.69) is 112 Å². The van der Waals surface area contributed by atoms with E-state index in [1.165, 1.54) is 12.0 Å². The molecule has 1 aliphatic rings. The second-order valence-electron chi connectivity index (χ2n) is 10.9. The molecule has 3 unspecified atom stereocenters. The van der Waals surface area contributed by atoms with Gasteiger partial charge in [-0.25, -0.2) is 0 Å². The molecular formula is C38H54N4. The van der Waals surface area contributed by atoms with E-state index in [1.54, 1.807) is 0 Å². The van der Waals surface area contributed by atoms with Crippen molar-refractivity contribution in [2.45, 2.75) is 92.4 Å². The van der Waals surface area contributed by atoms with Crippen LogP contribution in [0.3, 0.4) is 0 Å². The fourth-order valence-electron chi connectivity index (χ4n) is 5.19. The summed E-state index contributed by atoms with van der Waals surface area (Å²) in [5, 5.41) is 12.5. The fraction of sp³-hybridized carbons (Fsp3) is 0.500. The normalized spacial score (nSPS) is 18.5. The minimum atomic E-state index is 0.314. The minimum Gasteiger partial charge on any atom is -0.332 e. The molecule has 0 radical (unpaired) electrons. The highest BCUT2D eigenvalue weighted by Crippen LogP contribution is 2.24. The molecule has 1 aliphatic carbocycles. The standard InChI is InChI=1S/C38H54N4/c1-9-20-33(12-4)31(7)38(40-8)42-37(27-18-17-23-32(11-3)24-19-22-30(6)28-39)41-29-34(13-5)36-26-16-14-15-25-35(36)21-10-2/h5,14-19,21-22,26,31-33H,6,9-12,20,23-25,27,29H2,1-4,7-8H3,(H,40,41,42)/b18-17-,22-19+,35-21+,36-34+. The van der Waals surface area contributed by atoms with Crippen LogP contribution in [-0.2, 0) is 0 Å². The maximum Gasteiger partial charge on any atom is 0.106 e. The van der Waals surface area contributed by atoms with E-state index in [0.29, 0.717) is 36.3 Å². The summed E-state index contributed by atoms with van der Waals surface area (Å²) in [4.78, 5) is 9.72. The quantitative estimate of drug-likeness (QED) is 0.0505. The van der Waals surface area contributed by atoms with Crippen LogP contribution in [0.25, 0.3) is 0 Å². The van der Waals surface area contributed by atoms with E-state index < -0.39 is 0 Å². The van der Waals surface area contributed by atoms with Gasteiger partial charge in [0, 0.05) is 30.5 Å². The molecule has 226 valence electrons. The molecule has 0 saturated heterocycles. The molecule has 0 amide bonds. The van der Waals surface area contributed by atoms with Crippen molar-refractivity contribution in [2.75, 3.05) is 13.6 Å². The summed E-state index contributed by atoms with van der Waals surface area (Å²) in [5.41, 5.74) is 3.75. The van der Waals surface area contributed by atoms with Crippen LogP contribution < -0.4 is 5.32 Å². The maximum absolute atomic E-state index is 8.93. The average Bonchev–Trinajstić information content (AvgIpc) is 3.24. The fourth-order valence-corrected chi connectivity index (χ4v) is 5.19. The summed E-state index contributed by atoms with van der Waals surface area (Å²) >= 11 is 0. The first-order chi connectivity index (χ1) is 20.4. The Morgan fingerprint density at radius 2 is 1.90 bits per heavy atom. The topological polar surface area (TPSA) is 60.5 Å². The number of nitrogens with zero attached hydrogens (tertiary/aromatic N) is 3. The number of rotatable bonds is 16. The molecule has 0 aliphatic heterocycles. The summed E-state index contributed by atoms with van der Waals surface area (Å²) in [6.45, 7) is 15.3. The van der Waals surface area contributed by atoms with Gasteiger partial charge in [0.05, 0.1) is 12.6 Å². The van der Waals surface area contributed by atoms with Crippen molar-refractivity contribution in [3.63, 3.8) is 0 Å². The lowest BCUT2D eigenvalue weighted by atomic mass is 9.86. The lowest BCUT2D eigenvalue weighted by Gasteiger charge is -2.25. The number of nitrogens with one attached hydrogen (secondary N) is 1. The second kappa shape index (κ2) is 22.0. The molecule has 0 aromatic carbocycles. The first-order valence-electron chi connectivity index (χ1n) is 15.8. The van der Waals surface area contributed by atoms with Gasteiger partial charge in [0.15, 0.2) is 0 Å². The zero-order chi connectivity index (χ0) is 31.2. The number of terminal acetylenes is 1. The van der Waals surface area contributed by atoms with Gasteiger partial charge in [-0.3, -0.25) is 9.98 Å². The zero-order valence-corrected chi connectivity index (χ0v) is 27.1. The van der Waals surface area contributed by atoms with E-state index in [-0.39, 0.29) is 0 Å². The van der Waals surface area contributed by atoms with Gasteiger partial charge in [0.25, 0.3) is 0 Å². The molecular weight excluding hydrogens is 512 g/mol. The molecule has 0 bridgehead atoms. The van der Waals surface area contributed by atoms with Crippen LogP contribution in [0.5, 0.6) is 0 Å². The summed E-state index contributed by atoms with van der Waals surface area (Å²) in [5.74, 6) is 6.21. The Bertz CT molecular complexity index is 1170. The monoisotopic (exact) mass is 566 g/mol. The van der Waals surface area contributed by atoms with Crippen LogP contribution in [-0.4, -0.2) is 25.3 Å². The van der Waals surface area contributed by atoms with E-state index in [4.69, 9.17) is 16.7 Å². The zero-order valence-electron chi connectivity index (χ0n) is 27.1. The maximum atomic E-state index is 8.93. The van der Waals surface area contributed by atoms with E-state index >= 15 is 0 Å². The van der Waals surface area contributed by atoms with Crippen molar-refractivity contribution < 1.29 is 0 Å². The molecule has 0 aromatic rings. The number of allylic oxidation sites excluding steroid dienone is 11. The summed E-state index contributed by atoms with van der Waals surface area (Å²) in [6.07, 6.45) is 34.0. The van der Waals surface area contributed by atoms with Gasteiger partial charge in [0.1, 0.15) is 11.7 Å². The Morgan fingerprint density at radius 3 is 2.52 bits per heavy atom. The Kier molecular flexibility index (Phi) is 19.1. The van der Waals surface area contributed by atoms with E-state index in [9.17, 15) is 0 Å². The number of hydrogen-bond acceptors (Lipinski definition) is 3. The molecule has 42 heavy (non-hydrogen) atoms. The smallest absolute Gasteiger partial charge is 0.106 e. The average molecular weight is 567 g/mol. The third-order valence-corrected chi connectivity index (χ3v) is 7.86. The summed E-state index contributed by atoms with van der Waals surface area (Å²) in [7, 11) is 1.87. The predicted octanol–water partition coefficient (Wildman–Crippen LogP) is 9.64. The van der Waals surface area contributed by atoms with E-state index in [0.717, 1.165) is 67.8 Å². The number of hydrogen-bond donors (Lipinski definition) is 1. The summed E-state index contributed by atoms with van der Waals surface area (Å²) in [6, 6.07) is 2.07. The number of amidine groups is 2. The highest BCUT2D eigenvalue weighted by atomic mass is 15.1. The molecule has 0 spiro atoms. The Balaban J connectivity index is 3.25. The SMILES string of the molecule is C#C/C(CN=C(C/C=C\CC(CC)C/C=C/C(=C)C#N)NC(=NC)C(C)C(CC)CCC)=C1/C=CC=CC/C1=C\CC. The largest absolute Gasteiger partial charge is 0.332 e. The molecule has 0 saturated carbocycles. The van der Waals surface area contributed by atoms with Crippen molar-refractivity contribution in [1.29, 1.82) is 5.26 Å². The molecule has 0 fully saturated rings. The molecule has 3 atom stereocenters. The highest BCUT2D eigenvalue weighted by Gasteiger charge is 2.21. The van der Waals surface area contributed by atoms with Crippen molar-refractivity contribution >= 4 is 11.7 Å². The van der Waals surface area contributed by atoms with Crippen LogP contribution in [0.15, 0.2) is 93.5 Å². The Hall–Kier alpha value is -3.63. The van der Waals surface area contributed by atoms with Gasteiger partial charge in [-0.1, -0.05) is 121 Å².